The zero-order chi connectivity index (χ0) is 11.0. The predicted molar refractivity (Wildman–Crippen MR) is 59.0 cm³/mol. The minimum Gasteiger partial charge on any atom is -0.409 e. The largest absolute Gasteiger partial charge is 0.409 e. The van der Waals surface area contributed by atoms with Crippen LogP contribution < -0.4 is 11.1 Å². The van der Waals surface area contributed by atoms with Gasteiger partial charge in [0.15, 0.2) is 5.84 Å². The molecule has 0 bridgehead atoms. The van der Waals surface area contributed by atoms with Crippen molar-refractivity contribution < 1.29 is 9.42 Å². The highest BCUT2D eigenvalue weighted by Crippen LogP contribution is 1.91. The van der Waals surface area contributed by atoms with E-state index in [1.54, 1.807) is 0 Å². The van der Waals surface area contributed by atoms with Crippen molar-refractivity contribution in [3.8, 4) is 0 Å². The summed E-state index contributed by atoms with van der Waals surface area (Å²) >= 11 is 0. The molecule has 0 amide bonds. The molecular weight excluding hydrogens is 202 g/mol. The van der Waals surface area contributed by atoms with Crippen molar-refractivity contribution >= 4 is 16.6 Å². The minimum atomic E-state index is -0.766. The van der Waals surface area contributed by atoms with Gasteiger partial charge in [0.1, 0.15) is 0 Å². The lowest BCUT2D eigenvalue weighted by Crippen LogP contribution is -2.42. The Bertz CT molecular complexity index is 209. The van der Waals surface area contributed by atoms with Crippen LogP contribution in [0.2, 0.25) is 0 Å². The number of rotatable bonds is 7. The highest BCUT2D eigenvalue weighted by molar-refractivity contribution is 7.84. The molecule has 4 N–H and O–H groups in total. The molecule has 6 heteroatoms. The highest BCUT2D eigenvalue weighted by atomic mass is 32.2. The quantitative estimate of drug-likeness (QED) is 0.242. The number of nitrogens with one attached hydrogen (secondary N) is 1. The summed E-state index contributed by atoms with van der Waals surface area (Å²) in [7, 11) is -0.766. The van der Waals surface area contributed by atoms with Gasteiger partial charge in [0, 0.05) is 28.9 Å². The van der Waals surface area contributed by atoms with Gasteiger partial charge in [-0.15, -0.1) is 0 Å². The van der Waals surface area contributed by atoms with Crippen molar-refractivity contribution in [2.45, 2.75) is 26.3 Å². The van der Waals surface area contributed by atoms with E-state index < -0.39 is 10.8 Å². The van der Waals surface area contributed by atoms with E-state index in [0.29, 0.717) is 18.1 Å². The lowest BCUT2D eigenvalue weighted by Gasteiger charge is -2.14. The van der Waals surface area contributed by atoms with Crippen LogP contribution in [0.1, 0.15) is 20.3 Å². The molecule has 0 spiro atoms. The van der Waals surface area contributed by atoms with Crippen molar-refractivity contribution in [3.63, 3.8) is 0 Å². The molecule has 0 aliphatic rings. The first-order chi connectivity index (χ1) is 6.65. The topological polar surface area (TPSA) is 87.7 Å². The zero-order valence-electron chi connectivity index (χ0n) is 8.69. The number of hydrogen-bond acceptors (Lipinski definition) is 4. The number of nitrogens with zero attached hydrogens (tertiary/aromatic N) is 1. The van der Waals surface area contributed by atoms with E-state index in [1.807, 2.05) is 13.8 Å². The molecule has 0 fully saturated rings. The number of amidine groups is 1. The van der Waals surface area contributed by atoms with E-state index in [2.05, 4.69) is 10.5 Å². The molecule has 0 aliphatic carbocycles. The fraction of sp³-hybridized carbons (Fsp3) is 0.875. The standard InChI is InChI=1S/C8H19N3O2S/c1-3-7(8(9)11-12)10-5-6-14(13)4-2/h7,10,12H,3-6H2,1-2H3,(H2,9,11). The number of nitrogens with two attached hydrogens (primary N) is 1. The molecule has 0 aromatic rings. The SMILES string of the molecule is CCC(NCCS(=O)CC)C(N)=NO. The van der Waals surface area contributed by atoms with E-state index in [4.69, 9.17) is 10.9 Å². The van der Waals surface area contributed by atoms with Crippen LogP contribution in [-0.4, -0.2) is 39.3 Å². The van der Waals surface area contributed by atoms with Gasteiger partial charge in [-0.25, -0.2) is 0 Å². The molecule has 0 saturated heterocycles. The van der Waals surface area contributed by atoms with Gasteiger partial charge in [0.25, 0.3) is 0 Å². The first kappa shape index (κ1) is 13.4. The van der Waals surface area contributed by atoms with Crippen LogP contribution in [0, 0.1) is 0 Å². The third-order valence-electron chi connectivity index (χ3n) is 1.92. The third kappa shape index (κ3) is 5.18. The second-order valence-corrected chi connectivity index (χ2v) is 4.74. The number of hydrogen-bond donors (Lipinski definition) is 3. The summed E-state index contributed by atoms with van der Waals surface area (Å²) in [5, 5.41) is 14.5. The van der Waals surface area contributed by atoms with Gasteiger partial charge in [-0.2, -0.15) is 0 Å². The first-order valence-corrected chi connectivity index (χ1v) is 6.20. The average molecular weight is 221 g/mol. The van der Waals surface area contributed by atoms with Crippen molar-refractivity contribution in [3.05, 3.63) is 0 Å². The summed E-state index contributed by atoms with van der Waals surface area (Å²) in [5.74, 6) is 1.45. The molecular formula is C8H19N3O2S. The summed E-state index contributed by atoms with van der Waals surface area (Å²) in [4.78, 5) is 0. The molecule has 0 radical (unpaired) electrons. The summed E-state index contributed by atoms with van der Waals surface area (Å²) in [6.45, 7) is 4.44. The summed E-state index contributed by atoms with van der Waals surface area (Å²) in [5.41, 5.74) is 5.44. The monoisotopic (exact) mass is 221 g/mol. The fourth-order valence-electron chi connectivity index (χ4n) is 1.02. The Morgan fingerprint density at radius 3 is 2.71 bits per heavy atom. The number of oxime groups is 1. The summed E-state index contributed by atoms with van der Waals surface area (Å²) in [6.07, 6.45) is 0.745. The minimum absolute atomic E-state index is 0.131. The molecule has 0 aromatic heterocycles. The van der Waals surface area contributed by atoms with Crippen LogP contribution in [0.25, 0.3) is 0 Å². The van der Waals surface area contributed by atoms with Crippen LogP contribution in [-0.2, 0) is 10.8 Å². The maximum atomic E-state index is 11.1. The predicted octanol–water partition coefficient (Wildman–Crippen LogP) is -0.130. The van der Waals surface area contributed by atoms with Crippen LogP contribution >= 0.6 is 0 Å². The van der Waals surface area contributed by atoms with Gasteiger partial charge in [-0.3, -0.25) is 4.21 Å². The Morgan fingerprint density at radius 2 is 2.29 bits per heavy atom. The lowest BCUT2D eigenvalue weighted by atomic mass is 10.2. The van der Waals surface area contributed by atoms with E-state index in [1.165, 1.54) is 0 Å². The van der Waals surface area contributed by atoms with Crippen molar-refractivity contribution in [1.29, 1.82) is 0 Å². The van der Waals surface area contributed by atoms with Gasteiger partial charge >= 0.3 is 0 Å². The molecule has 14 heavy (non-hydrogen) atoms. The third-order valence-corrected chi connectivity index (χ3v) is 3.23. The Morgan fingerprint density at radius 1 is 1.64 bits per heavy atom. The van der Waals surface area contributed by atoms with E-state index in [0.717, 1.165) is 6.42 Å². The second kappa shape index (κ2) is 7.75. The van der Waals surface area contributed by atoms with Crippen molar-refractivity contribution in [1.82, 2.24) is 5.32 Å². The average Bonchev–Trinajstić information content (AvgIpc) is 2.22. The maximum absolute atomic E-state index is 11.1. The molecule has 2 unspecified atom stereocenters. The van der Waals surface area contributed by atoms with Gasteiger partial charge < -0.3 is 16.3 Å². The van der Waals surface area contributed by atoms with Crippen LogP contribution in [0.4, 0.5) is 0 Å². The van der Waals surface area contributed by atoms with Crippen molar-refractivity contribution in [2.24, 2.45) is 10.9 Å². The zero-order valence-corrected chi connectivity index (χ0v) is 9.51. The Balaban J connectivity index is 3.79. The summed E-state index contributed by atoms with van der Waals surface area (Å²) < 4.78 is 11.1. The van der Waals surface area contributed by atoms with E-state index in [-0.39, 0.29) is 11.9 Å². The molecule has 0 heterocycles. The van der Waals surface area contributed by atoms with Gasteiger partial charge in [-0.1, -0.05) is 19.0 Å². The smallest absolute Gasteiger partial charge is 0.156 e. The van der Waals surface area contributed by atoms with Gasteiger partial charge in [-0.05, 0) is 6.42 Å². The van der Waals surface area contributed by atoms with Crippen molar-refractivity contribution in [2.75, 3.05) is 18.1 Å². The Kier molecular flexibility index (Phi) is 7.41. The Labute approximate surface area is 87.2 Å². The van der Waals surface area contributed by atoms with Gasteiger partial charge in [0.2, 0.25) is 0 Å². The van der Waals surface area contributed by atoms with E-state index in [9.17, 15) is 4.21 Å². The normalized spacial score (nSPS) is 16.6. The van der Waals surface area contributed by atoms with Crippen LogP contribution in [0.3, 0.4) is 0 Å². The van der Waals surface area contributed by atoms with Gasteiger partial charge in [0.05, 0.1) is 6.04 Å². The molecule has 5 nitrogen and oxygen atoms in total. The second-order valence-electron chi connectivity index (χ2n) is 2.87. The Hall–Kier alpha value is -0.620. The molecule has 0 saturated carbocycles. The lowest BCUT2D eigenvalue weighted by molar-refractivity contribution is 0.314. The molecule has 84 valence electrons. The fourth-order valence-corrected chi connectivity index (χ4v) is 1.65. The summed E-state index contributed by atoms with van der Waals surface area (Å²) in [6, 6.07) is -0.131. The maximum Gasteiger partial charge on any atom is 0.156 e. The van der Waals surface area contributed by atoms with Crippen LogP contribution in [0.5, 0.6) is 0 Å². The molecule has 0 rings (SSSR count). The molecule has 2 atom stereocenters. The highest BCUT2D eigenvalue weighted by Gasteiger charge is 2.10. The molecule has 0 aromatic carbocycles. The first-order valence-electron chi connectivity index (χ1n) is 4.71. The molecule has 0 aliphatic heterocycles. The van der Waals surface area contributed by atoms with E-state index >= 15 is 0 Å². The van der Waals surface area contributed by atoms with Crippen LogP contribution in [0.15, 0.2) is 5.16 Å².